The van der Waals surface area contributed by atoms with Gasteiger partial charge >= 0.3 is 35.5 Å². The van der Waals surface area contributed by atoms with E-state index in [2.05, 4.69) is 0 Å². The maximum atomic E-state index is 10.7. The molecular formula is C8H9NaO5. The van der Waals surface area contributed by atoms with Gasteiger partial charge in [-0.05, 0) is 12.8 Å². The molecule has 14 heavy (non-hydrogen) atoms. The third-order valence-electron chi connectivity index (χ3n) is 2.83. The molecule has 0 aliphatic carbocycles. The third-order valence-corrected chi connectivity index (χ3v) is 2.83. The number of hydrogen-bond donors (Lipinski definition) is 1. The molecule has 0 saturated carbocycles. The Bertz CT molecular complexity index is 240. The van der Waals surface area contributed by atoms with Crippen molar-refractivity contribution in [3.63, 3.8) is 0 Å². The summed E-state index contributed by atoms with van der Waals surface area (Å²) >= 11 is 0. The first-order chi connectivity index (χ1) is 6.11. The zero-order valence-corrected chi connectivity index (χ0v) is 9.80. The summed E-state index contributed by atoms with van der Waals surface area (Å²) < 4.78 is 5.22. The Balaban J connectivity index is 0.000000980. The van der Waals surface area contributed by atoms with Crippen molar-refractivity contribution in [2.45, 2.75) is 25.0 Å². The van der Waals surface area contributed by atoms with E-state index in [1.165, 1.54) is 0 Å². The number of carboxylic acids is 2. The summed E-state index contributed by atoms with van der Waals surface area (Å²) in [5.41, 5.74) is 0. The normalized spacial score (nSPS) is 39.1. The van der Waals surface area contributed by atoms with Crippen molar-refractivity contribution in [2.75, 3.05) is 0 Å². The summed E-state index contributed by atoms with van der Waals surface area (Å²) in [6.07, 6.45) is 0.403. The van der Waals surface area contributed by atoms with Crippen LogP contribution in [0.4, 0.5) is 0 Å². The van der Waals surface area contributed by atoms with E-state index in [0.29, 0.717) is 12.8 Å². The summed E-state index contributed by atoms with van der Waals surface area (Å²) in [6, 6.07) is 0. The molecule has 2 aliphatic rings. The van der Waals surface area contributed by atoms with Crippen molar-refractivity contribution in [1.29, 1.82) is 0 Å². The van der Waals surface area contributed by atoms with Crippen molar-refractivity contribution in [3.8, 4) is 0 Å². The number of rotatable bonds is 2. The van der Waals surface area contributed by atoms with E-state index in [1.807, 2.05) is 0 Å². The minimum atomic E-state index is -1.31. The van der Waals surface area contributed by atoms with Gasteiger partial charge in [0.2, 0.25) is 0 Å². The molecule has 4 atom stereocenters. The zero-order valence-electron chi connectivity index (χ0n) is 7.80. The molecule has 2 fully saturated rings. The first-order valence-electron chi connectivity index (χ1n) is 4.20. The average molecular weight is 208 g/mol. The van der Waals surface area contributed by atoms with Crippen LogP contribution in [0, 0.1) is 11.8 Å². The Kier molecular flexibility index (Phi) is 3.58. The Morgan fingerprint density at radius 3 is 2.07 bits per heavy atom. The molecule has 5 nitrogen and oxygen atoms in total. The number of hydrogen-bond acceptors (Lipinski definition) is 4. The maximum Gasteiger partial charge on any atom is 1.00 e. The first kappa shape index (κ1) is 12.0. The summed E-state index contributed by atoms with van der Waals surface area (Å²) in [4.78, 5) is 21.4. The van der Waals surface area contributed by atoms with Crippen molar-refractivity contribution in [1.82, 2.24) is 0 Å². The molecule has 0 aromatic heterocycles. The molecule has 2 heterocycles. The van der Waals surface area contributed by atoms with Crippen LogP contribution in [0.1, 0.15) is 12.8 Å². The summed E-state index contributed by atoms with van der Waals surface area (Å²) in [5.74, 6) is -4.28. The van der Waals surface area contributed by atoms with Crippen molar-refractivity contribution in [3.05, 3.63) is 0 Å². The van der Waals surface area contributed by atoms with Gasteiger partial charge in [-0.3, -0.25) is 4.79 Å². The molecular weight excluding hydrogens is 199 g/mol. The van der Waals surface area contributed by atoms with Crippen LogP contribution >= 0.6 is 0 Å². The molecule has 2 saturated heterocycles. The number of carbonyl (C=O) groups is 2. The second-order valence-corrected chi connectivity index (χ2v) is 3.50. The smallest absolute Gasteiger partial charge is 0.550 e. The molecule has 2 bridgehead atoms. The van der Waals surface area contributed by atoms with Crippen molar-refractivity contribution < 1.29 is 54.1 Å². The Morgan fingerprint density at radius 2 is 1.71 bits per heavy atom. The van der Waals surface area contributed by atoms with Crippen LogP contribution in [0.5, 0.6) is 0 Å². The number of aliphatic carboxylic acids is 2. The Labute approximate surface area is 103 Å². The standard InChI is InChI=1S/C8H10O5.Na/c9-7(10)5-3-1-2-4(13-3)6(5)8(11)12;/h3-6H,1-2H2,(H,9,10)(H,11,12);/q;+1/p-1/t3-,4+,5-,6+;. The van der Waals surface area contributed by atoms with E-state index in [1.54, 1.807) is 0 Å². The van der Waals surface area contributed by atoms with Gasteiger partial charge in [0.05, 0.1) is 18.1 Å². The number of ether oxygens (including phenoxy) is 1. The molecule has 0 spiro atoms. The fourth-order valence-electron chi connectivity index (χ4n) is 2.29. The van der Waals surface area contributed by atoms with E-state index in [0.717, 1.165) is 0 Å². The van der Waals surface area contributed by atoms with Crippen LogP contribution in [-0.4, -0.2) is 29.3 Å². The zero-order chi connectivity index (χ0) is 9.59. The molecule has 0 amide bonds. The van der Waals surface area contributed by atoms with Gasteiger partial charge in [-0.1, -0.05) is 0 Å². The molecule has 2 rings (SSSR count). The number of carbonyl (C=O) groups excluding carboxylic acids is 1. The van der Waals surface area contributed by atoms with Crippen molar-refractivity contribution in [2.24, 2.45) is 11.8 Å². The quantitative estimate of drug-likeness (QED) is 0.463. The van der Waals surface area contributed by atoms with Gasteiger partial charge < -0.3 is 19.7 Å². The topological polar surface area (TPSA) is 86.7 Å². The Morgan fingerprint density at radius 1 is 1.21 bits per heavy atom. The van der Waals surface area contributed by atoms with Crippen LogP contribution in [0.15, 0.2) is 0 Å². The second kappa shape index (κ2) is 4.18. The van der Waals surface area contributed by atoms with Crippen LogP contribution < -0.4 is 34.7 Å². The van der Waals surface area contributed by atoms with E-state index in [9.17, 15) is 14.7 Å². The van der Waals surface area contributed by atoms with Crippen LogP contribution in [0.2, 0.25) is 0 Å². The molecule has 0 radical (unpaired) electrons. The van der Waals surface area contributed by atoms with E-state index in [4.69, 9.17) is 9.84 Å². The molecule has 1 N–H and O–H groups in total. The van der Waals surface area contributed by atoms with E-state index >= 15 is 0 Å². The maximum absolute atomic E-state index is 10.7. The van der Waals surface area contributed by atoms with Gasteiger partial charge in [0.25, 0.3) is 0 Å². The largest absolute Gasteiger partial charge is 1.00 e. The minimum Gasteiger partial charge on any atom is -0.550 e. The van der Waals surface area contributed by atoms with E-state index in [-0.39, 0.29) is 29.6 Å². The minimum absolute atomic E-state index is 0. The molecule has 72 valence electrons. The van der Waals surface area contributed by atoms with Gasteiger partial charge in [-0.15, -0.1) is 0 Å². The van der Waals surface area contributed by atoms with Crippen LogP contribution in [0.3, 0.4) is 0 Å². The molecule has 0 aromatic carbocycles. The summed E-state index contributed by atoms with van der Waals surface area (Å²) in [7, 11) is 0. The predicted molar refractivity (Wildman–Crippen MR) is 37.5 cm³/mol. The molecule has 6 heteroatoms. The van der Waals surface area contributed by atoms with Gasteiger partial charge in [0, 0.05) is 11.9 Å². The third kappa shape index (κ3) is 1.69. The van der Waals surface area contributed by atoms with Crippen molar-refractivity contribution >= 4 is 11.9 Å². The second-order valence-electron chi connectivity index (χ2n) is 3.50. The number of carboxylic acid groups (broad SMARTS) is 2. The van der Waals surface area contributed by atoms with Gasteiger partial charge in [-0.2, -0.15) is 0 Å². The molecule has 0 unspecified atom stereocenters. The Hall–Kier alpha value is -0.100. The molecule has 0 aromatic rings. The monoisotopic (exact) mass is 208 g/mol. The fraction of sp³-hybridized carbons (Fsp3) is 0.750. The average Bonchev–Trinajstić information content (AvgIpc) is 2.60. The summed E-state index contributed by atoms with van der Waals surface area (Å²) in [5, 5.41) is 19.4. The predicted octanol–water partition coefficient (Wildman–Crippen LogP) is -4.38. The van der Waals surface area contributed by atoms with Gasteiger partial charge in [-0.25, -0.2) is 0 Å². The van der Waals surface area contributed by atoms with Gasteiger partial charge in [0.1, 0.15) is 0 Å². The summed E-state index contributed by atoms with van der Waals surface area (Å²) in [6.45, 7) is 0. The fourth-order valence-corrected chi connectivity index (χ4v) is 2.29. The number of fused-ring (bicyclic) bond motifs is 2. The van der Waals surface area contributed by atoms with Gasteiger partial charge in [0.15, 0.2) is 0 Å². The van der Waals surface area contributed by atoms with Crippen LogP contribution in [0.25, 0.3) is 0 Å². The first-order valence-corrected chi connectivity index (χ1v) is 4.20. The van der Waals surface area contributed by atoms with E-state index < -0.39 is 36.0 Å². The van der Waals surface area contributed by atoms with Crippen LogP contribution in [-0.2, 0) is 14.3 Å². The molecule has 2 aliphatic heterocycles. The SMILES string of the molecule is O=C(O)[C@@H]1[C@H](C(=O)[O-])[C@H]2CC[C@@H]1O2.[Na+].